The Balaban J connectivity index is 1.48. The van der Waals surface area contributed by atoms with E-state index in [-0.39, 0.29) is 24.2 Å². The van der Waals surface area contributed by atoms with Gasteiger partial charge in [0.15, 0.2) is 0 Å². The maximum atomic E-state index is 13.5. The molecule has 1 N–H and O–H groups in total. The number of carbonyl (C=O) groups excluding carboxylic acids is 1. The topological polar surface area (TPSA) is 85.2 Å². The van der Waals surface area contributed by atoms with Crippen molar-refractivity contribution in [1.29, 1.82) is 0 Å². The third kappa shape index (κ3) is 5.48. The van der Waals surface area contributed by atoms with Crippen LogP contribution in [0.5, 0.6) is 0 Å². The van der Waals surface area contributed by atoms with E-state index >= 15 is 0 Å². The van der Waals surface area contributed by atoms with Gasteiger partial charge in [-0.05, 0) is 51.5 Å². The van der Waals surface area contributed by atoms with E-state index in [1.807, 2.05) is 33.8 Å². The SMILES string of the molecule is Cc1cc(C)nc(-n2nc(C)c(CC(=O)NCC(c3ccc(F)cc3)N3CCOCC3)c2C)n1. The van der Waals surface area contributed by atoms with E-state index in [4.69, 9.17) is 4.74 Å². The van der Waals surface area contributed by atoms with Crippen LogP contribution in [0.1, 0.15) is 39.9 Å². The summed E-state index contributed by atoms with van der Waals surface area (Å²) in [5, 5.41) is 7.67. The first-order chi connectivity index (χ1) is 16.3. The van der Waals surface area contributed by atoms with Crippen LogP contribution in [0.2, 0.25) is 0 Å². The largest absolute Gasteiger partial charge is 0.379 e. The average molecular weight is 467 g/mol. The second kappa shape index (κ2) is 10.4. The lowest BCUT2D eigenvalue weighted by Gasteiger charge is -2.35. The van der Waals surface area contributed by atoms with E-state index in [1.165, 1.54) is 12.1 Å². The number of nitrogens with zero attached hydrogens (tertiary/aromatic N) is 5. The Kier molecular flexibility index (Phi) is 7.33. The minimum Gasteiger partial charge on any atom is -0.379 e. The van der Waals surface area contributed by atoms with Crippen LogP contribution in [-0.4, -0.2) is 63.4 Å². The van der Waals surface area contributed by atoms with E-state index in [2.05, 4.69) is 25.3 Å². The van der Waals surface area contributed by atoms with Crippen molar-refractivity contribution < 1.29 is 13.9 Å². The molecular weight excluding hydrogens is 435 g/mol. The normalized spacial score (nSPS) is 15.3. The number of aromatic nitrogens is 4. The monoisotopic (exact) mass is 466 g/mol. The molecule has 0 bridgehead atoms. The van der Waals surface area contributed by atoms with E-state index in [0.29, 0.717) is 25.7 Å². The number of benzene rings is 1. The fourth-order valence-electron chi connectivity index (χ4n) is 4.39. The Hall–Kier alpha value is -3.17. The molecule has 1 saturated heterocycles. The molecule has 4 rings (SSSR count). The second-order valence-corrected chi connectivity index (χ2v) is 8.71. The average Bonchev–Trinajstić information content (AvgIpc) is 3.09. The molecule has 8 nitrogen and oxygen atoms in total. The molecule has 1 unspecified atom stereocenters. The van der Waals surface area contributed by atoms with Crippen molar-refractivity contribution in [3.05, 3.63) is 70.1 Å². The van der Waals surface area contributed by atoms with Crippen molar-refractivity contribution in [3.8, 4) is 5.95 Å². The number of halogens is 1. The van der Waals surface area contributed by atoms with Gasteiger partial charge in [-0.25, -0.2) is 19.0 Å². The summed E-state index contributed by atoms with van der Waals surface area (Å²) >= 11 is 0. The van der Waals surface area contributed by atoms with E-state index in [0.717, 1.165) is 47.0 Å². The van der Waals surface area contributed by atoms with Gasteiger partial charge in [0.25, 0.3) is 5.95 Å². The number of hydrogen-bond acceptors (Lipinski definition) is 6. The first-order valence-electron chi connectivity index (χ1n) is 11.5. The molecule has 1 amide bonds. The van der Waals surface area contributed by atoms with Crippen molar-refractivity contribution in [2.75, 3.05) is 32.8 Å². The number of morpholine rings is 1. The summed E-state index contributed by atoms with van der Waals surface area (Å²) in [4.78, 5) is 24.2. The van der Waals surface area contributed by atoms with Gasteiger partial charge in [-0.15, -0.1) is 0 Å². The van der Waals surface area contributed by atoms with Crippen molar-refractivity contribution in [2.45, 2.75) is 40.2 Å². The van der Waals surface area contributed by atoms with Crippen molar-refractivity contribution in [2.24, 2.45) is 0 Å². The van der Waals surface area contributed by atoms with Gasteiger partial charge in [0.1, 0.15) is 5.82 Å². The Morgan fingerprint density at radius 3 is 2.38 bits per heavy atom. The number of hydrogen-bond donors (Lipinski definition) is 1. The first-order valence-corrected chi connectivity index (χ1v) is 11.5. The molecule has 0 spiro atoms. The summed E-state index contributed by atoms with van der Waals surface area (Å²) in [5.74, 6) is 0.144. The Morgan fingerprint density at radius 2 is 1.74 bits per heavy atom. The van der Waals surface area contributed by atoms with Crippen LogP contribution >= 0.6 is 0 Å². The molecule has 2 aromatic heterocycles. The number of ether oxygens (including phenoxy) is 1. The molecule has 34 heavy (non-hydrogen) atoms. The third-order valence-electron chi connectivity index (χ3n) is 6.17. The second-order valence-electron chi connectivity index (χ2n) is 8.71. The predicted octanol–water partition coefficient (Wildman–Crippen LogP) is 2.77. The van der Waals surface area contributed by atoms with Crippen LogP contribution < -0.4 is 5.32 Å². The van der Waals surface area contributed by atoms with Crippen LogP contribution in [0.15, 0.2) is 30.3 Å². The summed E-state index contributed by atoms with van der Waals surface area (Å²) in [6, 6.07) is 8.34. The fraction of sp³-hybridized carbons (Fsp3) is 0.440. The quantitative estimate of drug-likeness (QED) is 0.576. The molecule has 1 aromatic carbocycles. The van der Waals surface area contributed by atoms with E-state index < -0.39 is 0 Å². The van der Waals surface area contributed by atoms with Crippen molar-refractivity contribution in [3.63, 3.8) is 0 Å². The molecule has 0 aliphatic carbocycles. The third-order valence-corrected chi connectivity index (χ3v) is 6.17. The summed E-state index contributed by atoms with van der Waals surface area (Å²) in [5.41, 5.74) is 5.19. The lowest BCUT2D eigenvalue weighted by molar-refractivity contribution is -0.120. The van der Waals surface area contributed by atoms with Gasteiger partial charge >= 0.3 is 0 Å². The smallest absolute Gasteiger partial charge is 0.251 e. The zero-order chi connectivity index (χ0) is 24.2. The molecule has 1 aliphatic rings. The standard InChI is InChI=1S/C25H31FN6O2/c1-16-13-17(2)29-25(28-16)32-19(4)22(18(3)30-32)14-24(33)27-15-23(31-9-11-34-12-10-31)20-5-7-21(26)8-6-20/h5-8,13,23H,9-12,14-15H2,1-4H3,(H,27,33). The number of rotatable bonds is 7. The van der Waals surface area contributed by atoms with Gasteiger partial charge in [-0.2, -0.15) is 5.10 Å². The summed E-state index contributed by atoms with van der Waals surface area (Å²) in [6.45, 7) is 10.9. The van der Waals surface area contributed by atoms with Crippen molar-refractivity contribution in [1.82, 2.24) is 30.0 Å². The highest BCUT2D eigenvalue weighted by Gasteiger charge is 2.24. The summed E-state index contributed by atoms with van der Waals surface area (Å²) in [7, 11) is 0. The predicted molar refractivity (Wildman–Crippen MR) is 126 cm³/mol. The molecule has 3 heterocycles. The van der Waals surface area contributed by atoms with Gasteiger partial charge < -0.3 is 10.1 Å². The minimum atomic E-state index is -0.274. The molecule has 9 heteroatoms. The Morgan fingerprint density at radius 1 is 1.09 bits per heavy atom. The molecule has 3 aromatic rings. The maximum absolute atomic E-state index is 13.5. The highest BCUT2D eigenvalue weighted by molar-refractivity contribution is 5.79. The number of amides is 1. The van der Waals surface area contributed by atoms with Crippen LogP contribution in [0.3, 0.4) is 0 Å². The maximum Gasteiger partial charge on any atom is 0.251 e. The van der Waals surface area contributed by atoms with Gasteiger partial charge in [0, 0.05) is 42.3 Å². The lowest BCUT2D eigenvalue weighted by atomic mass is 10.0. The van der Waals surface area contributed by atoms with Gasteiger partial charge in [-0.1, -0.05) is 12.1 Å². The van der Waals surface area contributed by atoms with Crippen LogP contribution in [0.4, 0.5) is 4.39 Å². The van der Waals surface area contributed by atoms with Gasteiger partial charge in [0.2, 0.25) is 5.91 Å². The number of aryl methyl sites for hydroxylation is 3. The molecule has 180 valence electrons. The van der Waals surface area contributed by atoms with E-state index in [9.17, 15) is 9.18 Å². The number of carbonyl (C=O) groups is 1. The summed E-state index contributed by atoms with van der Waals surface area (Å²) < 4.78 is 20.7. The molecule has 0 saturated carbocycles. The highest BCUT2D eigenvalue weighted by Crippen LogP contribution is 2.22. The first kappa shape index (κ1) is 24.0. The number of nitrogens with one attached hydrogen (secondary N) is 1. The minimum absolute atomic E-state index is 0.0537. The Labute approximate surface area is 199 Å². The molecule has 1 aliphatic heterocycles. The highest BCUT2D eigenvalue weighted by atomic mass is 19.1. The molecular formula is C25H31FN6O2. The molecule has 0 radical (unpaired) electrons. The molecule has 1 fully saturated rings. The van der Waals surface area contributed by atoms with Crippen LogP contribution in [0.25, 0.3) is 5.95 Å². The zero-order valence-electron chi connectivity index (χ0n) is 20.1. The van der Waals surface area contributed by atoms with Crippen LogP contribution in [-0.2, 0) is 16.0 Å². The van der Waals surface area contributed by atoms with Crippen molar-refractivity contribution >= 4 is 5.91 Å². The van der Waals surface area contributed by atoms with Crippen LogP contribution in [0, 0.1) is 33.5 Å². The lowest BCUT2D eigenvalue weighted by Crippen LogP contribution is -2.44. The van der Waals surface area contributed by atoms with Gasteiger partial charge in [-0.3, -0.25) is 9.69 Å². The fourth-order valence-corrected chi connectivity index (χ4v) is 4.39. The van der Waals surface area contributed by atoms with E-state index in [1.54, 1.807) is 16.8 Å². The zero-order valence-corrected chi connectivity index (χ0v) is 20.1. The van der Waals surface area contributed by atoms with Gasteiger partial charge in [0.05, 0.1) is 31.4 Å². The Bertz CT molecular complexity index is 1130. The molecule has 1 atom stereocenters. The summed E-state index contributed by atoms with van der Waals surface area (Å²) in [6.07, 6.45) is 0.210.